The van der Waals surface area contributed by atoms with Crippen molar-refractivity contribution in [3.8, 4) is 33.8 Å². The number of aromatic amines is 2. The van der Waals surface area contributed by atoms with Crippen molar-refractivity contribution in [3.05, 3.63) is 73.6 Å². The number of rotatable bonds is 5. The van der Waals surface area contributed by atoms with Gasteiger partial charge in [0, 0.05) is 52.8 Å². The lowest BCUT2D eigenvalue weighted by Crippen LogP contribution is -2.28. The van der Waals surface area contributed by atoms with Gasteiger partial charge in [0.2, 0.25) is 5.91 Å². The van der Waals surface area contributed by atoms with E-state index in [1.54, 1.807) is 18.6 Å². The highest BCUT2D eigenvalue weighted by molar-refractivity contribution is 6.00. The van der Waals surface area contributed by atoms with E-state index in [4.69, 9.17) is 4.98 Å². The maximum absolute atomic E-state index is 12.4. The van der Waals surface area contributed by atoms with Crippen LogP contribution in [0.25, 0.3) is 55.7 Å². The van der Waals surface area contributed by atoms with Gasteiger partial charge in [-0.15, -0.1) is 0 Å². The van der Waals surface area contributed by atoms with Gasteiger partial charge in [-0.2, -0.15) is 5.10 Å². The summed E-state index contributed by atoms with van der Waals surface area (Å²) in [6.45, 7) is 0. The van der Waals surface area contributed by atoms with Gasteiger partial charge >= 0.3 is 0 Å². The molecule has 6 aromatic rings. The molecule has 0 aliphatic heterocycles. The molecule has 9 heteroatoms. The fraction of sp³-hybridized carbons (Fsp3) is 0.143. The molecule has 0 spiro atoms. The number of aromatic nitrogens is 7. The zero-order chi connectivity index (χ0) is 24.8. The highest BCUT2D eigenvalue weighted by atomic mass is 16.1. The largest absolute Gasteiger partial charge is 0.352 e. The van der Waals surface area contributed by atoms with Crippen LogP contribution in [0.15, 0.2) is 73.6 Å². The molecule has 0 radical (unpaired) electrons. The number of carbonyl (C=O) groups excluding carboxylic acids is 1. The average molecular weight is 487 g/mol. The summed E-state index contributed by atoms with van der Waals surface area (Å²) in [5.41, 5.74) is 8.25. The van der Waals surface area contributed by atoms with Crippen molar-refractivity contribution in [1.82, 2.24) is 35.1 Å². The Labute approximate surface area is 211 Å². The predicted molar refractivity (Wildman–Crippen MR) is 141 cm³/mol. The first-order chi connectivity index (χ1) is 18.2. The van der Waals surface area contributed by atoms with E-state index in [2.05, 4.69) is 41.5 Å². The van der Waals surface area contributed by atoms with Crippen molar-refractivity contribution in [3.63, 3.8) is 0 Å². The second-order valence-corrected chi connectivity index (χ2v) is 9.32. The fourth-order valence-corrected chi connectivity index (χ4v) is 4.74. The van der Waals surface area contributed by atoms with Crippen LogP contribution < -0.4 is 5.32 Å². The molecule has 6 aromatic heterocycles. The maximum atomic E-state index is 12.4. The minimum absolute atomic E-state index is 0.0599. The number of nitrogens with one attached hydrogen (secondary N) is 3. The third-order valence-corrected chi connectivity index (χ3v) is 6.96. The molecule has 9 nitrogen and oxygen atoms in total. The predicted octanol–water partition coefficient (Wildman–Crippen LogP) is 5.36. The SMILES string of the molecule is O=C(Nc1cncc(-c2ccc3[nH]nc(-c4cc5c(-c6cccnc6)cncc5[nH]4)c3n2)c1)C1CCC1. The topological polar surface area (TPSA) is 125 Å². The van der Waals surface area contributed by atoms with E-state index in [1.165, 1.54) is 0 Å². The lowest BCUT2D eigenvalue weighted by molar-refractivity contribution is -0.122. The van der Waals surface area contributed by atoms with E-state index in [0.717, 1.165) is 69.3 Å². The minimum Gasteiger partial charge on any atom is -0.352 e. The lowest BCUT2D eigenvalue weighted by atomic mass is 9.85. The van der Waals surface area contributed by atoms with Gasteiger partial charge in [0.05, 0.1) is 40.5 Å². The molecule has 37 heavy (non-hydrogen) atoms. The molecular weight excluding hydrogens is 464 g/mol. The highest BCUT2D eigenvalue weighted by Crippen LogP contribution is 2.34. The van der Waals surface area contributed by atoms with Gasteiger partial charge in [-0.25, -0.2) is 4.98 Å². The Morgan fingerprint density at radius 2 is 1.81 bits per heavy atom. The van der Waals surface area contributed by atoms with Crippen LogP contribution in [0.3, 0.4) is 0 Å². The van der Waals surface area contributed by atoms with Crippen LogP contribution in [-0.2, 0) is 4.79 Å². The molecule has 1 fully saturated rings. The summed E-state index contributed by atoms with van der Waals surface area (Å²) in [6, 6.07) is 11.8. The first-order valence-electron chi connectivity index (χ1n) is 12.2. The molecular formula is C28H22N8O. The maximum Gasteiger partial charge on any atom is 0.227 e. The van der Waals surface area contributed by atoms with Crippen molar-refractivity contribution >= 4 is 33.5 Å². The Kier molecular flexibility index (Phi) is 4.99. The quantitative estimate of drug-likeness (QED) is 0.301. The highest BCUT2D eigenvalue weighted by Gasteiger charge is 2.25. The van der Waals surface area contributed by atoms with Gasteiger partial charge in [0.1, 0.15) is 11.2 Å². The van der Waals surface area contributed by atoms with E-state index in [0.29, 0.717) is 11.4 Å². The lowest BCUT2D eigenvalue weighted by Gasteiger charge is -2.24. The van der Waals surface area contributed by atoms with Crippen LogP contribution >= 0.6 is 0 Å². The molecule has 1 aliphatic carbocycles. The Morgan fingerprint density at radius 1 is 0.919 bits per heavy atom. The number of hydrogen-bond donors (Lipinski definition) is 3. The molecule has 7 rings (SSSR count). The van der Waals surface area contributed by atoms with Crippen LogP contribution in [0, 0.1) is 5.92 Å². The average Bonchev–Trinajstić information content (AvgIpc) is 3.52. The van der Waals surface area contributed by atoms with E-state index in [-0.39, 0.29) is 11.8 Å². The summed E-state index contributed by atoms with van der Waals surface area (Å²) in [5.74, 6) is 0.168. The molecule has 6 heterocycles. The van der Waals surface area contributed by atoms with Crippen molar-refractivity contribution in [2.75, 3.05) is 5.32 Å². The number of fused-ring (bicyclic) bond motifs is 2. The number of H-pyrrole nitrogens is 2. The molecule has 0 saturated heterocycles. The van der Waals surface area contributed by atoms with Crippen molar-refractivity contribution in [1.29, 1.82) is 0 Å². The molecule has 0 unspecified atom stereocenters. The van der Waals surface area contributed by atoms with Crippen LogP contribution in [0.1, 0.15) is 19.3 Å². The van der Waals surface area contributed by atoms with E-state index in [9.17, 15) is 4.79 Å². The summed E-state index contributed by atoms with van der Waals surface area (Å²) in [7, 11) is 0. The fourth-order valence-electron chi connectivity index (χ4n) is 4.74. The molecule has 0 atom stereocenters. The smallest absolute Gasteiger partial charge is 0.227 e. The molecule has 0 bridgehead atoms. The number of amides is 1. The second-order valence-electron chi connectivity index (χ2n) is 9.32. The number of hydrogen-bond acceptors (Lipinski definition) is 6. The Morgan fingerprint density at radius 3 is 2.65 bits per heavy atom. The summed E-state index contributed by atoms with van der Waals surface area (Å²) >= 11 is 0. The number of nitrogens with zero attached hydrogens (tertiary/aromatic N) is 5. The van der Waals surface area contributed by atoms with Gasteiger partial charge in [0.15, 0.2) is 0 Å². The number of carbonyl (C=O) groups is 1. The van der Waals surface area contributed by atoms with Crippen LogP contribution in [0.5, 0.6) is 0 Å². The molecule has 1 amide bonds. The molecule has 1 saturated carbocycles. The van der Waals surface area contributed by atoms with Crippen molar-refractivity contribution < 1.29 is 4.79 Å². The summed E-state index contributed by atoms with van der Waals surface area (Å²) in [4.78, 5) is 33.8. The zero-order valence-corrected chi connectivity index (χ0v) is 19.8. The Hall–Kier alpha value is -4.92. The monoisotopic (exact) mass is 486 g/mol. The first kappa shape index (κ1) is 21.4. The standard InChI is InChI=1S/C28H22N8O/c37-28(16-3-1-4-16)32-19-9-18(12-30-13-19)22-6-7-23-26(34-22)27(36-35-23)24-10-20-21(14-31-15-25(20)33-24)17-5-2-8-29-11-17/h2,5-16,33H,1,3-4H2,(H,32,37)(H,35,36). The second kappa shape index (κ2) is 8.63. The molecule has 0 aromatic carbocycles. The van der Waals surface area contributed by atoms with Gasteiger partial charge in [-0.3, -0.25) is 24.8 Å². The summed E-state index contributed by atoms with van der Waals surface area (Å²) < 4.78 is 0. The third kappa shape index (κ3) is 3.81. The molecule has 180 valence electrons. The van der Waals surface area contributed by atoms with Gasteiger partial charge in [0.25, 0.3) is 0 Å². The summed E-state index contributed by atoms with van der Waals surface area (Å²) in [5, 5.41) is 11.7. The normalized spacial score (nSPS) is 13.6. The van der Waals surface area contributed by atoms with Crippen molar-refractivity contribution in [2.24, 2.45) is 5.92 Å². The van der Waals surface area contributed by atoms with Crippen LogP contribution in [-0.4, -0.2) is 41.0 Å². The number of pyridine rings is 4. The Bertz CT molecular complexity index is 1770. The van der Waals surface area contributed by atoms with Gasteiger partial charge in [-0.1, -0.05) is 12.5 Å². The Balaban J connectivity index is 1.26. The number of anilines is 1. The van der Waals surface area contributed by atoms with E-state index in [1.807, 2.05) is 48.9 Å². The molecule has 1 aliphatic rings. The first-order valence-corrected chi connectivity index (χ1v) is 12.2. The molecule has 3 N–H and O–H groups in total. The van der Waals surface area contributed by atoms with Crippen molar-refractivity contribution in [2.45, 2.75) is 19.3 Å². The minimum atomic E-state index is 0.0599. The zero-order valence-electron chi connectivity index (χ0n) is 19.8. The third-order valence-electron chi connectivity index (χ3n) is 6.96. The van der Waals surface area contributed by atoms with Crippen LogP contribution in [0.2, 0.25) is 0 Å². The van der Waals surface area contributed by atoms with Gasteiger partial charge in [-0.05, 0) is 43.2 Å². The van der Waals surface area contributed by atoms with E-state index >= 15 is 0 Å². The van der Waals surface area contributed by atoms with Gasteiger partial charge < -0.3 is 10.3 Å². The summed E-state index contributed by atoms with van der Waals surface area (Å²) in [6.07, 6.45) is 13.7. The van der Waals surface area contributed by atoms with E-state index < -0.39 is 0 Å². The van der Waals surface area contributed by atoms with Crippen LogP contribution in [0.4, 0.5) is 5.69 Å².